The van der Waals surface area contributed by atoms with Crippen LogP contribution in [0.5, 0.6) is 5.75 Å². The largest absolute Gasteiger partial charge is 0.496 e. The molecule has 1 aliphatic rings. The molecule has 1 saturated heterocycles. The highest BCUT2D eigenvalue weighted by Crippen LogP contribution is 2.28. The zero-order valence-corrected chi connectivity index (χ0v) is 14.4. The Labute approximate surface area is 141 Å². The fourth-order valence-electron chi connectivity index (χ4n) is 2.88. The molecule has 0 saturated carbocycles. The molecule has 124 valence electrons. The topological polar surface area (TPSA) is 54.6 Å². The SMILES string of the molecule is COc1cc(Cl)ccc1CN1CCN(C)C(c2nc(C)no2)C1. The zero-order valence-electron chi connectivity index (χ0n) is 13.6. The van der Waals surface area contributed by atoms with E-state index in [2.05, 4.69) is 27.0 Å². The number of benzene rings is 1. The Morgan fingerprint density at radius 2 is 2.22 bits per heavy atom. The van der Waals surface area contributed by atoms with Gasteiger partial charge in [-0.2, -0.15) is 4.98 Å². The van der Waals surface area contributed by atoms with Gasteiger partial charge in [0.1, 0.15) is 11.8 Å². The van der Waals surface area contributed by atoms with Crippen LogP contribution in [-0.4, -0.2) is 53.7 Å². The average Bonchev–Trinajstić information content (AvgIpc) is 2.97. The molecule has 1 aliphatic heterocycles. The van der Waals surface area contributed by atoms with Gasteiger partial charge in [-0.15, -0.1) is 0 Å². The maximum absolute atomic E-state index is 6.04. The van der Waals surface area contributed by atoms with Crippen LogP contribution in [0.2, 0.25) is 5.02 Å². The van der Waals surface area contributed by atoms with Crippen LogP contribution < -0.4 is 4.74 Å². The lowest BCUT2D eigenvalue weighted by Gasteiger charge is -2.37. The molecule has 1 aromatic carbocycles. The van der Waals surface area contributed by atoms with Gasteiger partial charge >= 0.3 is 0 Å². The molecule has 0 bridgehead atoms. The summed E-state index contributed by atoms with van der Waals surface area (Å²) in [4.78, 5) is 9.01. The van der Waals surface area contributed by atoms with Crippen LogP contribution in [0.15, 0.2) is 22.7 Å². The first-order valence-corrected chi connectivity index (χ1v) is 8.00. The molecule has 0 spiro atoms. The number of aryl methyl sites for hydroxylation is 1. The summed E-state index contributed by atoms with van der Waals surface area (Å²) in [5, 5.41) is 4.59. The fourth-order valence-corrected chi connectivity index (χ4v) is 3.04. The molecular formula is C16H21ClN4O2. The van der Waals surface area contributed by atoms with Gasteiger partial charge < -0.3 is 9.26 Å². The smallest absolute Gasteiger partial charge is 0.245 e. The minimum atomic E-state index is 0.114. The summed E-state index contributed by atoms with van der Waals surface area (Å²) in [6.07, 6.45) is 0. The van der Waals surface area contributed by atoms with Crippen molar-refractivity contribution in [2.45, 2.75) is 19.5 Å². The van der Waals surface area contributed by atoms with Crippen molar-refractivity contribution >= 4 is 11.6 Å². The van der Waals surface area contributed by atoms with Crippen LogP contribution in [0.25, 0.3) is 0 Å². The summed E-state index contributed by atoms with van der Waals surface area (Å²) in [5.74, 6) is 2.17. The van der Waals surface area contributed by atoms with Crippen LogP contribution in [0.4, 0.5) is 0 Å². The van der Waals surface area contributed by atoms with Crippen molar-refractivity contribution in [3.63, 3.8) is 0 Å². The van der Waals surface area contributed by atoms with Crippen molar-refractivity contribution in [3.05, 3.63) is 40.5 Å². The number of rotatable bonds is 4. The molecule has 0 aliphatic carbocycles. The van der Waals surface area contributed by atoms with Crippen LogP contribution in [0.3, 0.4) is 0 Å². The Hall–Kier alpha value is -1.63. The predicted molar refractivity (Wildman–Crippen MR) is 87.7 cm³/mol. The normalized spacial score (nSPS) is 19.9. The van der Waals surface area contributed by atoms with Gasteiger partial charge in [-0.05, 0) is 26.1 Å². The van der Waals surface area contributed by atoms with E-state index in [-0.39, 0.29) is 6.04 Å². The van der Waals surface area contributed by atoms with Gasteiger partial charge in [-0.1, -0.05) is 22.8 Å². The van der Waals surface area contributed by atoms with Crippen molar-refractivity contribution < 1.29 is 9.26 Å². The maximum Gasteiger partial charge on any atom is 0.245 e. The molecule has 23 heavy (non-hydrogen) atoms. The van der Waals surface area contributed by atoms with Crippen LogP contribution >= 0.6 is 11.6 Å². The van der Waals surface area contributed by atoms with E-state index < -0.39 is 0 Å². The van der Waals surface area contributed by atoms with Crippen LogP contribution in [0.1, 0.15) is 23.3 Å². The van der Waals surface area contributed by atoms with E-state index in [0.29, 0.717) is 16.7 Å². The van der Waals surface area contributed by atoms with E-state index in [9.17, 15) is 0 Å². The molecule has 1 atom stereocenters. The van der Waals surface area contributed by atoms with Gasteiger partial charge in [0.2, 0.25) is 5.89 Å². The maximum atomic E-state index is 6.04. The third-order valence-corrected chi connectivity index (χ3v) is 4.44. The molecule has 2 heterocycles. The molecule has 0 radical (unpaired) electrons. The van der Waals surface area contributed by atoms with Gasteiger partial charge in [0.25, 0.3) is 0 Å². The van der Waals surface area contributed by atoms with Gasteiger partial charge in [-0.25, -0.2) is 0 Å². The first-order chi connectivity index (χ1) is 11.1. The Kier molecular flexibility index (Phi) is 4.84. The van der Waals surface area contributed by atoms with E-state index in [1.165, 1.54) is 0 Å². The molecule has 2 aromatic rings. The molecule has 0 N–H and O–H groups in total. The molecule has 1 unspecified atom stereocenters. The summed E-state index contributed by atoms with van der Waals surface area (Å²) in [6, 6.07) is 5.88. The molecule has 0 amide bonds. The summed E-state index contributed by atoms with van der Waals surface area (Å²) in [5.41, 5.74) is 1.13. The lowest BCUT2D eigenvalue weighted by Crippen LogP contribution is -2.46. The van der Waals surface area contributed by atoms with Gasteiger partial charge in [0.15, 0.2) is 5.82 Å². The summed E-state index contributed by atoms with van der Waals surface area (Å²) in [7, 11) is 3.76. The van der Waals surface area contributed by atoms with Gasteiger partial charge in [0.05, 0.1) is 7.11 Å². The summed E-state index contributed by atoms with van der Waals surface area (Å²) < 4.78 is 10.8. The third-order valence-electron chi connectivity index (χ3n) is 4.20. The number of nitrogens with zero attached hydrogens (tertiary/aromatic N) is 4. The number of hydrogen-bond donors (Lipinski definition) is 0. The number of methoxy groups -OCH3 is 1. The Morgan fingerprint density at radius 3 is 2.91 bits per heavy atom. The van der Waals surface area contributed by atoms with E-state index in [1.807, 2.05) is 25.1 Å². The number of halogens is 1. The first-order valence-electron chi connectivity index (χ1n) is 7.62. The van der Waals surface area contributed by atoms with Crippen molar-refractivity contribution in [2.24, 2.45) is 0 Å². The van der Waals surface area contributed by atoms with Crippen molar-refractivity contribution in [2.75, 3.05) is 33.8 Å². The highest BCUT2D eigenvalue weighted by molar-refractivity contribution is 6.30. The van der Waals surface area contributed by atoms with E-state index in [4.69, 9.17) is 20.9 Å². The van der Waals surface area contributed by atoms with Crippen LogP contribution in [0, 0.1) is 6.92 Å². The fraction of sp³-hybridized carbons (Fsp3) is 0.500. The number of ether oxygens (including phenoxy) is 1. The highest BCUT2D eigenvalue weighted by atomic mass is 35.5. The molecule has 7 heteroatoms. The van der Waals surface area contributed by atoms with Crippen molar-refractivity contribution in [1.82, 2.24) is 19.9 Å². The van der Waals surface area contributed by atoms with Gasteiger partial charge in [0, 0.05) is 36.8 Å². The molecular weight excluding hydrogens is 316 g/mol. The second-order valence-corrected chi connectivity index (χ2v) is 6.30. The number of aromatic nitrogens is 2. The summed E-state index contributed by atoms with van der Waals surface area (Å²) in [6.45, 7) is 5.40. The summed E-state index contributed by atoms with van der Waals surface area (Å²) >= 11 is 6.04. The second-order valence-electron chi connectivity index (χ2n) is 5.87. The third kappa shape index (κ3) is 3.65. The zero-order chi connectivity index (χ0) is 16.4. The average molecular weight is 337 g/mol. The second kappa shape index (κ2) is 6.86. The first kappa shape index (κ1) is 16.2. The van der Waals surface area contributed by atoms with Crippen molar-refractivity contribution in [1.29, 1.82) is 0 Å². The van der Waals surface area contributed by atoms with Gasteiger partial charge in [-0.3, -0.25) is 9.80 Å². The van der Waals surface area contributed by atoms with E-state index in [1.54, 1.807) is 7.11 Å². The molecule has 1 fully saturated rings. The van der Waals surface area contributed by atoms with E-state index >= 15 is 0 Å². The standard InChI is InChI=1S/C16H21ClN4O2/c1-11-18-16(23-19-11)14-10-21(7-6-20(14)2)9-12-4-5-13(17)8-15(12)22-3/h4-5,8,14H,6-7,9-10H2,1-3H3. The van der Waals surface area contributed by atoms with Crippen molar-refractivity contribution in [3.8, 4) is 5.75 Å². The van der Waals surface area contributed by atoms with E-state index in [0.717, 1.165) is 37.5 Å². The Bertz CT molecular complexity index is 676. The highest BCUT2D eigenvalue weighted by Gasteiger charge is 2.30. The monoisotopic (exact) mass is 336 g/mol. The molecule has 3 rings (SSSR count). The minimum Gasteiger partial charge on any atom is -0.496 e. The lowest BCUT2D eigenvalue weighted by molar-refractivity contribution is 0.0710. The van der Waals surface area contributed by atoms with Crippen LogP contribution in [-0.2, 0) is 6.54 Å². The Balaban J connectivity index is 1.74. The molecule has 6 nitrogen and oxygen atoms in total. The Morgan fingerprint density at radius 1 is 1.39 bits per heavy atom. The molecule has 1 aromatic heterocycles. The predicted octanol–water partition coefficient (Wildman–Crippen LogP) is 2.53. The number of piperazine rings is 1. The minimum absolute atomic E-state index is 0.114. The lowest BCUT2D eigenvalue weighted by atomic mass is 10.1. The number of likely N-dealkylation sites (N-methyl/N-ethyl adjacent to an activating group) is 1. The quantitative estimate of drug-likeness (QED) is 0.855. The number of hydrogen-bond acceptors (Lipinski definition) is 6.